The van der Waals surface area contributed by atoms with E-state index in [2.05, 4.69) is 18.8 Å². The standard InChI is InChI=1S/C10H18N2O2S2/c1-7(2)4-8(11)9-5-15-10(12-9)6-16(3,13)14/h5,7-8H,4,6,11H2,1-3H3. The molecule has 1 heterocycles. The maximum absolute atomic E-state index is 11.1. The Morgan fingerprint density at radius 3 is 2.62 bits per heavy atom. The van der Waals surface area contributed by atoms with Crippen molar-refractivity contribution in [2.24, 2.45) is 11.7 Å². The molecular formula is C10H18N2O2S2. The third-order valence-electron chi connectivity index (χ3n) is 2.06. The molecule has 1 rings (SSSR count). The average Bonchev–Trinajstić information content (AvgIpc) is 2.48. The van der Waals surface area contributed by atoms with Crippen LogP contribution in [0.5, 0.6) is 0 Å². The lowest BCUT2D eigenvalue weighted by Gasteiger charge is -2.10. The smallest absolute Gasteiger partial charge is 0.153 e. The van der Waals surface area contributed by atoms with Crippen molar-refractivity contribution < 1.29 is 8.42 Å². The number of nitrogens with zero attached hydrogens (tertiary/aromatic N) is 1. The number of hydrogen-bond donors (Lipinski definition) is 1. The van der Waals surface area contributed by atoms with E-state index in [1.165, 1.54) is 17.6 Å². The fourth-order valence-electron chi connectivity index (χ4n) is 1.41. The molecule has 0 amide bonds. The molecule has 6 heteroatoms. The first kappa shape index (κ1) is 13.6. The summed E-state index contributed by atoms with van der Waals surface area (Å²) in [7, 11) is -3.01. The number of rotatable bonds is 5. The fourth-order valence-corrected chi connectivity index (χ4v) is 3.48. The van der Waals surface area contributed by atoms with Crippen molar-refractivity contribution in [1.29, 1.82) is 0 Å². The molecule has 1 atom stereocenters. The van der Waals surface area contributed by atoms with Gasteiger partial charge in [0.2, 0.25) is 0 Å². The fraction of sp³-hybridized carbons (Fsp3) is 0.700. The lowest BCUT2D eigenvalue weighted by molar-refractivity contribution is 0.503. The summed E-state index contributed by atoms with van der Waals surface area (Å²) in [6.07, 6.45) is 2.07. The van der Waals surface area contributed by atoms with Gasteiger partial charge in [-0.2, -0.15) is 0 Å². The Balaban J connectivity index is 2.71. The zero-order chi connectivity index (χ0) is 12.3. The number of thiazole rings is 1. The van der Waals surface area contributed by atoms with Crippen LogP contribution in [0.25, 0.3) is 0 Å². The minimum Gasteiger partial charge on any atom is -0.323 e. The third kappa shape index (κ3) is 4.59. The zero-order valence-corrected chi connectivity index (χ0v) is 11.4. The molecule has 1 aromatic heterocycles. The molecule has 2 N–H and O–H groups in total. The van der Waals surface area contributed by atoms with Crippen LogP contribution in [0.2, 0.25) is 0 Å². The van der Waals surface area contributed by atoms with E-state index < -0.39 is 9.84 Å². The molecule has 4 nitrogen and oxygen atoms in total. The van der Waals surface area contributed by atoms with Crippen LogP contribution in [0.4, 0.5) is 0 Å². The van der Waals surface area contributed by atoms with Gasteiger partial charge in [-0.25, -0.2) is 13.4 Å². The molecule has 16 heavy (non-hydrogen) atoms. The van der Waals surface area contributed by atoms with Gasteiger partial charge in [-0.15, -0.1) is 11.3 Å². The van der Waals surface area contributed by atoms with Crippen molar-refractivity contribution in [2.75, 3.05) is 6.26 Å². The van der Waals surface area contributed by atoms with E-state index in [-0.39, 0.29) is 11.8 Å². The van der Waals surface area contributed by atoms with Gasteiger partial charge in [0.25, 0.3) is 0 Å². The highest BCUT2D eigenvalue weighted by molar-refractivity contribution is 7.90. The van der Waals surface area contributed by atoms with Gasteiger partial charge in [0, 0.05) is 17.7 Å². The Bertz CT molecular complexity index is 437. The maximum atomic E-state index is 11.1. The Morgan fingerprint density at radius 2 is 2.12 bits per heavy atom. The summed E-state index contributed by atoms with van der Waals surface area (Å²) in [6, 6.07) is -0.0930. The first-order chi connectivity index (χ1) is 7.28. The third-order valence-corrected chi connectivity index (χ3v) is 3.91. The molecule has 0 saturated heterocycles. The molecule has 0 aliphatic heterocycles. The van der Waals surface area contributed by atoms with Crippen LogP contribution in [0.3, 0.4) is 0 Å². The summed E-state index contributed by atoms with van der Waals surface area (Å²) in [5.41, 5.74) is 6.77. The summed E-state index contributed by atoms with van der Waals surface area (Å²) >= 11 is 1.36. The first-order valence-corrected chi connectivity index (χ1v) is 8.09. The molecule has 0 saturated carbocycles. The SMILES string of the molecule is CC(C)CC(N)c1csc(CS(C)(=O)=O)n1. The monoisotopic (exact) mass is 262 g/mol. The second-order valence-electron chi connectivity index (χ2n) is 4.47. The predicted molar refractivity (Wildman–Crippen MR) is 67.0 cm³/mol. The molecule has 0 fully saturated rings. The van der Waals surface area contributed by atoms with E-state index in [0.717, 1.165) is 12.1 Å². The van der Waals surface area contributed by atoms with E-state index in [0.29, 0.717) is 10.9 Å². The number of hydrogen-bond acceptors (Lipinski definition) is 5. The molecule has 92 valence electrons. The van der Waals surface area contributed by atoms with Gasteiger partial charge in [0.05, 0.1) is 5.69 Å². The van der Waals surface area contributed by atoms with Crippen LogP contribution in [-0.2, 0) is 15.6 Å². The van der Waals surface area contributed by atoms with Crippen LogP contribution >= 0.6 is 11.3 Å². The Labute approximate surface area is 101 Å². The average molecular weight is 262 g/mol. The molecule has 1 unspecified atom stereocenters. The molecule has 0 aliphatic rings. The second kappa shape index (κ2) is 5.25. The second-order valence-corrected chi connectivity index (χ2v) is 7.56. The Morgan fingerprint density at radius 1 is 1.50 bits per heavy atom. The topological polar surface area (TPSA) is 73.1 Å². The van der Waals surface area contributed by atoms with Crippen molar-refractivity contribution in [3.63, 3.8) is 0 Å². The summed E-state index contributed by atoms with van der Waals surface area (Å²) in [5.74, 6) is 0.515. The lowest BCUT2D eigenvalue weighted by Crippen LogP contribution is -2.13. The summed E-state index contributed by atoms with van der Waals surface area (Å²) in [6.45, 7) is 4.20. The van der Waals surface area contributed by atoms with Crippen molar-refractivity contribution >= 4 is 21.2 Å². The van der Waals surface area contributed by atoms with Crippen molar-refractivity contribution in [1.82, 2.24) is 4.98 Å². The van der Waals surface area contributed by atoms with Crippen molar-refractivity contribution in [2.45, 2.75) is 32.1 Å². The van der Waals surface area contributed by atoms with Gasteiger partial charge in [-0.3, -0.25) is 0 Å². The minimum atomic E-state index is -3.01. The number of nitrogens with two attached hydrogens (primary N) is 1. The van der Waals surface area contributed by atoms with E-state index in [4.69, 9.17) is 5.73 Å². The molecule has 0 spiro atoms. The van der Waals surface area contributed by atoms with Gasteiger partial charge in [-0.05, 0) is 12.3 Å². The van der Waals surface area contributed by atoms with Gasteiger partial charge < -0.3 is 5.73 Å². The van der Waals surface area contributed by atoms with E-state index in [1.54, 1.807) is 0 Å². The summed E-state index contributed by atoms with van der Waals surface area (Å²) in [4.78, 5) is 4.26. The summed E-state index contributed by atoms with van der Waals surface area (Å²) in [5, 5.41) is 2.48. The van der Waals surface area contributed by atoms with Crippen LogP contribution in [0.15, 0.2) is 5.38 Å². The normalized spacial score (nSPS) is 14.3. The predicted octanol–water partition coefficient (Wildman–Crippen LogP) is 1.73. The highest BCUT2D eigenvalue weighted by Gasteiger charge is 2.14. The van der Waals surface area contributed by atoms with Crippen molar-refractivity contribution in [3.8, 4) is 0 Å². The summed E-state index contributed by atoms with van der Waals surface area (Å²) < 4.78 is 22.2. The molecular weight excluding hydrogens is 244 g/mol. The van der Waals surface area contributed by atoms with Crippen LogP contribution in [0, 0.1) is 5.92 Å². The first-order valence-electron chi connectivity index (χ1n) is 5.15. The van der Waals surface area contributed by atoms with Crippen molar-refractivity contribution in [3.05, 3.63) is 16.1 Å². The maximum Gasteiger partial charge on any atom is 0.153 e. The van der Waals surface area contributed by atoms with E-state index >= 15 is 0 Å². The quantitative estimate of drug-likeness (QED) is 0.877. The highest BCUT2D eigenvalue weighted by Crippen LogP contribution is 2.21. The Hall–Kier alpha value is -0.460. The molecule has 0 aliphatic carbocycles. The number of sulfone groups is 1. The van der Waals surface area contributed by atoms with E-state index in [1.807, 2.05) is 5.38 Å². The van der Waals surface area contributed by atoms with Crippen LogP contribution in [-0.4, -0.2) is 19.7 Å². The Kier molecular flexibility index (Phi) is 4.46. The van der Waals surface area contributed by atoms with Gasteiger partial charge >= 0.3 is 0 Å². The largest absolute Gasteiger partial charge is 0.323 e. The molecule has 0 radical (unpaired) electrons. The van der Waals surface area contributed by atoms with Gasteiger partial charge in [0.1, 0.15) is 10.8 Å². The highest BCUT2D eigenvalue weighted by atomic mass is 32.2. The zero-order valence-electron chi connectivity index (χ0n) is 9.80. The van der Waals surface area contributed by atoms with Crippen LogP contribution in [0.1, 0.15) is 37.0 Å². The molecule has 0 aromatic carbocycles. The molecule has 0 bridgehead atoms. The van der Waals surface area contributed by atoms with Gasteiger partial charge in [0.15, 0.2) is 9.84 Å². The van der Waals surface area contributed by atoms with E-state index in [9.17, 15) is 8.42 Å². The van der Waals surface area contributed by atoms with Crippen LogP contribution < -0.4 is 5.73 Å². The lowest BCUT2D eigenvalue weighted by atomic mass is 10.0. The van der Waals surface area contributed by atoms with Gasteiger partial charge in [-0.1, -0.05) is 13.8 Å². The number of aromatic nitrogens is 1. The molecule has 1 aromatic rings. The minimum absolute atomic E-state index is 0.00602.